The summed E-state index contributed by atoms with van der Waals surface area (Å²) in [5.74, 6) is 0.565. The number of nitrogens with one attached hydrogen (secondary N) is 1. The van der Waals surface area contributed by atoms with Gasteiger partial charge in [-0.25, -0.2) is 0 Å². The second-order valence-electron chi connectivity index (χ2n) is 5.11. The molecule has 0 amide bonds. The lowest BCUT2D eigenvalue weighted by atomic mass is 9.85. The van der Waals surface area contributed by atoms with Crippen molar-refractivity contribution in [2.24, 2.45) is 5.92 Å². The largest absolute Gasteiger partial charge is 0.381 e. The van der Waals surface area contributed by atoms with Crippen molar-refractivity contribution in [3.8, 4) is 6.07 Å². The fourth-order valence-electron chi connectivity index (χ4n) is 2.59. The Morgan fingerprint density at radius 1 is 1.42 bits per heavy atom. The molecule has 2 atom stereocenters. The van der Waals surface area contributed by atoms with Crippen LogP contribution >= 0.6 is 0 Å². The van der Waals surface area contributed by atoms with E-state index < -0.39 is 4.92 Å². The summed E-state index contributed by atoms with van der Waals surface area (Å²) in [7, 11) is 0. The van der Waals surface area contributed by atoms with Crippen LogP contribution in [0.1, 0.15) is 38.2 Å². The van der Waals surface area contributed by atoms with E-state index in [0.29, 0.717) is 23.2 Å². The van der Waals surface area contributed by atoms with Gasteiger partial charge in [-0.1, -0.05) is 19.8 Å². The number of non-ortho nitro benzene ring substituents is 1. The quantitative estimate of drug-likeness (QED) is 0.666. The molecule has 5 heteroatoms. The zero-order chi connectivity index (χ0) is 13.8. The molecule has 0 heterocycles. The van der Waals surface area contributed by atoms with Crippen LogP contribution in [0.3, 0.4) is 0 Å². The Balaban J connectivity index is 2.20. The normalized spacial score (nSPS) is 22.5. The van der Waals surface area contributed by atoms with Gasteiger partial charge in [0, 0.05) is 18.2 Å². The molecule has 0 radical (unpaired) electrons. The second kappa shape index (κ2) is 5.70. The molecule has 0 bridgehead atoms. The summed E-state index contributed by atoms with van der Waals surface area (Å²) in [4.78, 5) is 10.2. The molecular weight excluding hydrogens is 242 g/mol. The highest BCUT2D eigenvalue weighted by Crippen LogP contribution is 2.29. The topological polar surface area (TPSA) is 79.0 Å². The van der Waals surface area contributed by atoms with Gasteiger partial charge in [0.1, 0.15) is 6.07 Å². The first kappa shape index (κ1) is 13.3. The molecule has 19 heavy (non-hydrogen) atoms. The van der Waals surface area contributed by atoms with Crippen LogP contribution in [0.2, 0.25) is 0 Å². The van der Waals surface area contributed by atoms with E-state index in [0.717, 1.165) is 6.42 Å². The molecule has 100 valence electrons. The Morgan fingerprint density at radius 2 is 2.16 bits per heavy atom. The minimum Gasteiger partial charge on any atom is -0.381 e. The molecule has 0 unspecified atom stereocenters. The molecule has 1 N–H and O–H groups in total. The Hall–Kier alpha value is -2.09. The molecule has 1 aliphatic carbocycles. The van der Waals surface area contributed by atoms with Gasteiger partial charge in [0.05, 0.1) is 16.2 Å². The van der Waals surface area contributed by atoms with Crippen molar-refractivity contribution in [2.45, 2.75) is 38.6 Å². The molecule has 2 rings (SSSR count). The lowest BCUT2D eigenvalue weighted by Gasteiger charge is -2.30. The highest BCUT2D eigenvalue weighted by molar-refractivity contribution is 5.61. The van der Waals surface area contributed by atoms with Crippen LogP contribution in [-0.2, 0) is 0 Å². The average molecular weight is 259 g/mol. The molecule has 1 aliphatic rings. The fourth-order valence-corrected chi connectivity index (χ4v) is 2.59. The SMILES string of the molecule is C[C@@H]1CCCC[C@@H]1Nc1ccc([N+](=O)[O-])cc1C#N. The lowest BCUT2D eigenvalue weighted by Crippen LogP contribution is -2.30. The van der Waals surface area contributed by atoms with Gasteiger partial charge in [0.2, 0.25) is 0 Å². The number of nitro groups is 1. The Kier molecular flexibility index (Phi) is 4.00. The van der Waals surface area contributed by atoms with E-state index in [-0.39, 0.29) is 5.69 Å². The monoisotopic (exact) mass is 259 g/mol. The molecule has 5 nitrogen and oxygen atoms in total. The smallest absolute Gasteiger partial charge is 0.270 e. The first-order chi connectivity index (χ1) is 9.11. The molecule has 0 aromatic heterocycles. The lowest BCUT2D eigenvalue weighted by molar-refractivity contribution is -0.384. The first-order valence-electron chi connectivity index (χ1n) is 6.57. The highest BCUT2D eigenvalue weighted by Gasteiger charge is 2.22. The van der Waals surface area contributed by atoms with Gasteiger partial charge in [-0.05, 0) is 24.8 Å². The molecule has 0 aliphatic heterocycles. The van der Waals surface area contributed by atoms with E-state index >= 15 is 0 Å². The third kappa shape index (κ3) is 3.02. The number of hydrogen-bond acceptors (Lipinski definition) is 4. The van der Waals surface area contributed by atoms with Gasteiger partial charge in [-0.15, -0.1) is 0 Å². The van der Waals surface area contributed by atoms with Crippen molar-refractivity contribution in [3.05, 3.63) is 33.9 Å². The maximum Gasteiger partial charge on any atom is 0.270 e. The maximum atomic E-state index is 10.7. The number of rotatable bonds is 3. The zero-order valence-corrected chi connectivity index (χ0v) is 10.9. The van der Waals surface area contributed by atoms with Crippen LogP contribution in [0.5, 0.6) is 0 Å². The van der Waals surface area contributed by atoms with E-state index in [1.165, 1.54) is 31.4 Å². The Labute approximate surface area is 112 Å². The summed E-state index contributed by atoms with van der Waals surface area (Å²) < 4.78 is 0. The van der Waals surface area contributed by atoms with Gasteiger partial charge in [-0.3, -0.25) is 10.1 Å². The zero-order valence-electron chi connectivity index (χ0n) is 10.9. The number of nitriles is 1. The summed E-state index contributed by atoms with van der Waals surface area (Å²) in [5.41, 5.74) is 0.998. The van der Waals surface area contributed by atoms with Crippen LogP contribution in [0.4, 0.5) is 11.4 Å². The van der Waals surface area contributed by atoms with Crippen molar-refractivity contribution in [3.63, 3.8) is 0 Å². The summed E-state index contributed by atoms with van der Waals surface area (Å²) >= 11 is 0. The molecule has 0 saturated heterocycles. The summed E-state index contributed by atoms with van der Waals surface area (Å²) in [6, 6.07) is 6.78. The van der Waals surface area contributed by atoms with Crippen LogP contribution < -0.4 is 5.32 Å². The predicted octanol–water partition coefficient (Wildman–Crippen LogP) is 3.46. The predicted molar refractivity (Wildman–Crippen MR) is 72.9 cm³/mol. The third-order valence-corrected chi connectivity index (χ3v) is 3.79. The maximum absolute atomic E-state index is 10.7. The van der Waals surface area contributed by atoms with Crippen molar-refractivity contribution < 1.29 is 4.92 Å². The molecular formula is C14H17N3O2. The van der Waals surface area contributed by atoms with Crippen LogP contribution in [-0.4, -0.2) is 11.0 Å². The van der Waals surface area contributed by atoms with Crippen molar-refractivity contribution in [2.75, 3.05) is 5.32 Å². The van der Waals surface area contributed by atoms with E-state index in [1.54, 1.807) is 6.07 Å². The Morgan fingerprint density at radius 3 is 2.79 bits per heavy atom. The number of anilines is 1. The summed E-state index contributed by atoms with van der Waals surface area (Å²) in [5, 5.41) is 23.2. The van der Waals surface area contributed by atoms with Crippen LogP contribution in [0, 0.1) is 27.4 Å². The standard InChI is InChI=1S/C14H17N3O2/c1-10-4-2-3-5-13(10)16-14-7-6-12(17(18)19)8-11(14)9-15/h6-8,10,13,16H,2-5H2,1H3/t10-,13+/m1/s1. The number of nitrogens with zero attached hydrogens (tertiary/aromatic N) is 2. The number of benzene rings is 1. The van der Waals surface area contributed by atoms with E-state index in [9.17, 15) is 10.1 Å². The van der Waals surface area contributed by atoms with Gasteiger partial charge in [0.25, 0.3) is 5.69 Å². The molecule has 1 fully saturated rings. The van der Waals surface area contributed by atoms with Crippen molar-refractivity contribution in [1.29, 1.82) is 5.26 Å². The summed E-state index contributed by atoms with van der Waals surface area (Å²) in [6.45, 7) is 2.20. The molecule has 0 spiro atoms. The fraction of sp³-hybridized carbons (Fsp3) is 0.500. The number of nitro benzene ring substituents is 1. The van der Waals surface area contributed by atoms with Crippen molar-refractivity contribution >= 4 is 11.4 Å². The number of hydrogen-bond donors (Lipinski definition) is 1. The van der Waals surface area contributed by atoms with E-state index in [2.05, 4.69) is 12.2 Å². The van der Waals surface area contributed by atoms with Gasteiger partial charge < -0.3 is 5.32 Å². The minimum atomic E-state index is -0.478. The average Bonchev–Trinajstić information content (AvgIpc) is 2.41. The first-order valence-corrected chi connectivity index (χ1v) is 6.57. The van der Waals surface area contributed by atoms with E-state index in [1.807, 2.05) is 6.07 Å². The molecule has 1 aromatic carbocycles. The third-order valence-electron chi connectivity index (χ3n) is 3.79. The Bertz CT molecular complexity index is 522. The van der Waals surface area contributed by atoms with Crippen LogP contribution in [0.15, 0.2) is 18.2 Å². The molecule has 1 saturated carbocycles. The highest BCUT2D eigenvalue weighted by atomic mass is 16.6. The van der Waals surface area contributed by atoms with Gasteiger partial charge in [-0.2, -0.15) is 5.26 Å². The summed E-state index contributed by atoms with van der Waals surface area (Å²) in [6.07, 6.45) is 4.72. The van der Waals surface area contributed by atoms with Gasteiger partial charge in [0.15, 0.2) is 0 Å². The minimum absolute atomic E-state index is 0.0428. The van der Waals surface area contributed by atoms with Crippen molar-refractivity contribution in [1.82, 2.24) is 0 Å². The van der Waals surface area contributed by atoms with E-state index in [4.69, 9.17) is 5.26 Å². The van der Waals surface area contributed by atoms with Crippen LogP contribution in [0.25, 0.3) is 0 Å². The van der Waals surface area contributed by atoms with Gasteiger partial charge >= 0.3 is 0 Å². The second-order valence-corrected chi connectivity index (χ2v) is 5.11. The molecule has 1 aromatic rings.